The summed E-state index contributed by atoms with van der Waals surface area (Å²) in [6, 6.07) is -0.991. The first-order valence-corrected chi connectivity index (χ1v) is 4.86. The minimum atomic E-state index is -1.02. The largest absolute Gasteiger partial charge is 0.480 e. The zero-order valence-electron chi connectivity index (χ0n) is 8.55. The van der Waals surface area contributed by atoms with Crippen molar-refractivity contribution in [1.82, 2.24) is 9.78 Å². The van der Waals surface area contributed by atoms with Gasteiger partial charge in [-0.05, 0) is 6.42 Å². The van der Waals surface area contributed by atoms with E-state index in [0.717, 1.165) is 25.3 Å². The Balaban J connectivity index is 2.41. The fraction of sp³-hybridized carbons (Fsp3) is 0.556. The molecule has 2 rings (SSSR count). The van der Waals surface area contributed by atoms with E-state index in [0.29, 0.717) is 5.56 Å². The van der Waals surface area contributed by atoms with Crippen LogP contribution in [0.25, 0.3) is 0 Å². The quantitative estimate of drug-likeness (QED) is 0.706. The van der Waals surface area contributed by atoms with Crippen molar-refractivity contribution in [3.63, 3.8) is 0 Å². The summed E-state index contributed by atoms with van der Waals surface area (Å²) in [5.74, 6) is -0.194. The number of carboxylic acid groups (broad SMARTS) is 1. The highest BCUT2D eigenvalue weighted by Crippen LogP contribution is 2.27. The Bertz CT molecular complexity index is 387. The molecule has 1 aliphatic heterocycles. The number of aromatic nitrogens is 2. The minimum absolute atomic E-state index is 0.588. The molecule has 0 saturated heterocycles. The molecule has 1 atom stereocenters. The Labute approximate surface area is 87.3 Å². The zero-order valence-corrected chi connectivity index (χ0v) is 8.55. The number of nitrogens with two attached hydrogens (primary N) is 1. The number of anilines is 1. The summed E-state index contributed by atoms with van der Waals surface area (Å²) >= 11 is 0. The van der Waals surface area contributed by atoms with E-state index >= 15 is 0 Å². The average molecular weight is 210 g/mol. The first kappa shape index (κ1) is 9.97. The van der Waals surface area contributed by atoms with E-state index in [4.69, 9.17) is 10.8 Å². The standard InChI is InChI=1S/C9H14N4O2/c1-12-3-2-4-13-8(12)6(5-11-13)7(10)9(14)15/h5,7H,2-4,10H2,1H3,(H,14,15). The predicted octanol–water partition coefficient (Wildman–Crippen LogP) is -0.193. The van der Waals surface area contributed by atoms with Crippen LogP contribution in [0.15, 0.2) is 6.20 Å². The molecule has 1 aliphatic rings. The minimum Gasteiger partial charge on any atom is -0.480 e. The van der Waals surface area contributed by atoms with Gasteiger partial charge in [-0.15, -0.1) is 0 Å². The molecule has 0 aliphatic carbocycles. The third-order valence-electron chi connectivity index (χ3n) is 2.67. The molecule has 0 spiro atoms. The highest BCUT2D eigenvalue weighted by atomic mass is 16.4. The number of aryl methyl sites for hydroxylation is 1. The lowest BCUT2D eigenvalue weighted by atomic mass is 10.1. The predicted molar refractivity (Wildman–Crippen MR) is 54.7 cm³/mol. The van der Waals surface area contributed by atoms with Gasteiger partial charge in [-0.25, -0.2) is 4.68 Å². The Morgan fingerprint density at radius 3 is 3.07 bits per heavy atom. The Kier molecular flexibility index (Phi) is 2.36. The molecular weight excluding hydrogens is 196 g/mol. The molecule has 82 valence electrons. The Hall–Kier alpha value is -1.56. The zero-order chi connectivity index (χ0) is 11.0. The third kappa shape index (κ3) is 1.56. The highest BCUT2D eigenvalue weighted by Gasteiger charge is 2.26. The average Bonchev–Trinajstić information content (AvgIpc) is 2.61. The number of fused-ring (bicyclic) bond motifs is 1. The van der Waals surface area contributed by atoms with Crippen LogP contribution >= 0.6 is 0 Å². The Morgan fingerprint density at radius 2 is 2.40 bits per heavy atom. The van der Waals surface area contributed by atoms with Crippen LogP contribution < -0.4 is 10.6 Å². The van der Waals surface area contributed by atoms with Crippen LogP contribution in [0, 0.1) is 0 Å². The number of rotatable bonds is 2. The second-order valence-corrected chi connectivity index (χ2v) is 3.74. The van der Waals surface area contributed by atoms with Crippen LogP contribution in [0.5, 0.6) is 0 Å². The van der Waals surface area contributed by atoms with E-state index in [1.807, 2.05) is 16.6 Å². The normalized spacial score (nSPS) is 17.3. The van der Waals surface area contributed by atoms with Crippen LogP contribution in [-0.2, 0) is 11.3 Å². The summed E-state index contributed by atoms with van der Waals surface area (Å²) in [6.07, 6.45) is 2.57. The van der Waals surface area contributed by atoms with Crippen molar-refractivity contribution >= 4 is 11.8 Å². The number of hydrogen-bond donors (Lipinski definition) is 2. The summed E-state index contributed by atoms with van der Waals surface area (Å²) in [5, 5.41) is 13.0. The van der Waals surface area contributed by atoms with E-state index in [2.05, 4.69) is 5.10 Å². The summed E-state index contributed by atoms with van der Waals surface area (Å²) in [4.78, 5) is 12.8. The van der Waals surface area contributed by atoms with Gasteiger partial charge in [0.1, 0.15) is 11.9 Å². The molecule has 0 bridgehead atoms. The SMILES string of the molecule is CN1CCCn2ncc(C(N)C(=O)O)c21. The monoisotopic (exact) mass is 210 g/mol. The van der Waals surface area contributed by atoms with Crippen molar-refractivity contribution in [3.05, 3.63) is 11.8 Å². The summed E-state index contributed by atoms with van der Waals surface area (Å²) in [5.41, 5.74) is 6.18. The van der Waals surface area contributed by atoms with Crippen LogP contribution in [-0.4, -0.2) is 34.4 Å². The topological polar surface area (TPSA) is 84.4 Å². The molecule has 1 aromatic heterocycles. The summed E-state index contributed by atoms with van der Waals surface area (Å²) in [6.45, 7) is 1.73. The lowest BCUT2D eigenvalue weighted by molar-refractivity contribution is -0.138. The van der Waals surface area contributed by atoms with Gasteiger partial charge in [-0.1, -0.05) is 0 Å². The Morgan fingerprint density at radius 1 is 1.67 bits per heavy atom. The second-order valence-electron chi connectivity index (χ2n) is 3.74. The molecule has 6 nitrogen and oxygen atoms in total. The highest BCUT2D eigenvalue weighted by molar-refractivity contribution is 5.77. The van der Waals surface area contributed by atoms with Gasteiger partial charge in [-0.2, -0.15) is 5.10 Å². The van der Waals surface area contributed by atoms with Crippen molar-refractivity contribution in [1.29, 1.82) is 0 Å². The molecule has 0 aromatic carbocycles. The van der Waals surface area contributed by atoms with Gasteiger partial charge in [-0.3, -0.25) is 4.79 Å². The molecule has 1 unspecified atom stereocenters. The molecule has 15 heavy (non-hydrogen) atoms. The lowest BCUT2D eigenvalue weighted by Crippen LogP contribution is -2.31. The smallest absolute Gasteiger partial charge is 0.325 e. The molecule has 0 radical (unpaired) electrons. The fourth-order valence-electron chi connectivity index (χ4n) is 1.89. The third-order valence-corrected chi connectivity index (χ3v) is 2.67. The second kappa shape index (κ2) is 3.54. The molecule has 2 heterocycles. The van der Waals surface area contributed by atoms with Gasteiger partial charge >= 0.3 is 5.97 Å². The molecule has 0 fully saturated rings. The molecule has 1 aromatic rings. The van der Waals surface area contributed by atoms with E-state index < -0.39 is 12.0 Å². The van der Waals surface area contributed by atoms with E-state index in [1.165, 1.54) is 0 Å². The summed E-state index contributed by atoms with van der Waals surface area (Å²) < 4.78 is 1.81. The molecule has 3 N–H and O–H groups in total. The van der Waals surface area contributed by atoms with Gasteiger partial charge in [0.15, 0.2) is 0 Å². The number of nitrogens with zero attached hydrogens (tertiary/aromatic N) is 3. The van der Waals surface area contributed by atoms with Gasteiger partial charge in [0, 0.05) is 25.7 Å². The van der Waals surface area contributed by atoms with Gasteiger partial charge in [0.25, 0.3) is 0 Å². The van der Waals surface area contributed by atoms with Crippen molar-refractivity contribution in [2.75, 3.05) is 18.5 Å². The van der Waals surface area contributed by atoms with Gasteiger partial charge < -0.3 is 15.7 Å². The van der Waals surface area contributed by atoms with Crippen molar-refractivity contribution in [2.24, 2.45) is 5.73 Å². The van der Waals surface area contributed by atoms with Crippen LogP contribution in [0.3, 0.4) is 0 Å². The van der Waals surface area contributed by atoms with Gasteiger partial charge in [0.2, 0.25) is 0 Å². The summed E-state index contributed by atoms with van der Waals surface area (Å²) in [7, 11) is 1.92. The van der Waals surface area contributed by atoms with Crippen LogP contribution in [0.1, 0.15) is 18.0 Å². The van der Waals surface area contributed by atoms with E-state index in [-0.39, 0.29) is 0 Å². The molecule has 0 amide bonds. The van der Waals surface area contributed by atoms with Crippen molar-refractivity contribution < 1.29 is 9.90 Å². The lowest BCUT2D eigenvalue weighted by Gasteiger charge is -2.27. The van der Waals surface area contributed by atoms with Crippen LogP contribution in [0.4, 0.5) is 5.82 Å². The maximum Gasteiger partial charge on any atom is 0.325 e. The van der Waals surface area contributed by atoms with Crippen molar-refractivity contribution in [2.45, 2.75) is 19.0 Å². The molecule has 0 saturated carbocycles. The van der Waals surface area contributed by atoms with Gasteiger partial charge in [0.05, 0.1) is 6.20 Å². The maximum atomic E-state index is 10.8. The van der Waals surface area contributed by atoms with Crippen LogP contribution in [0.2, 0.25) is 0 Å². The fourth-order valence-corrected chi connectivity index (χ4v) is 1.89. The maximum absolute atomic E-state index is 10.8. The van der Waals surface area contributed by atoms with Crippen molar-refractivity contribution in [3.8, 4) is 0 Å². The van der Waals surface area contributed by atoms with E-state index in [1.54, 1.807) is 6.20 Å². The first-order chi connectivity index (χ1) is 7.11. The first-order valence-electron chi connectivity index (χ1n) is 4.86. The number of carbonyl (C=O) groups is 1. The number of carboxylic acids is 1. The van der Waals surface area contributed by atoms with E-state index in [9.17, 15) is 4.79 Å². The number of aliphatic carboxylic acids is 1. The molecule has 6 heteroatoms. The molecular formula is C9H14N4O2. The number of hydrogen-bond acceptors (Lipinski definition) is 4.